The lowest BCUT2D eigenvalue weighted by Gasteiger charge is -2.13. The van der Waals surface area contributed by atoms with Gasteiger partial charge in [0.05, 0.1) is 6.10 Å². The van der Waals surface area contributed by atoms with Crippen LogP contribution in [0.15, 0.2) is 30.3 Å². The van der Waals surface area contributed by atoms with Crippen LogP contribution in [0.5, 0.6) is 0 Å². The molecule has 0 saturated heterocycles. The first kappa shape index (κ1) is 16.6. The smallest absolute Gasteiger partial charge is 0.162 e. The van der Waals surface area contributed by atoms with Gasteiger partial charge in [0.1, 0.15) is 5.78 Å². The van der Waals surface area contributed by atoms with Gasteiger partial charge in [0.15, 0.2) is 5.78 Å². The maximum Gasteiger partial charge on any atom is 0.162 e. The van der Waals surface area contributed by atoms with Crippen molar-refractivity contribution in [3.8, 4) is 0 Å². The molecule has 1 aromatic carbocycles. The minimum absolute atomic E-state index is 0.0253. The predicted octanol–water partition coefficient (Wildman–Crippen LogP) is 3.81. The van der Waals surface area contributed by atoms with Crippen LogP contribution >= 0.6 is 0 Å². The van der Waals surface area contributed by atoms with Crippen LogP contribution in [0.2, 0.25) is 0 Å². The number of Topliss-reactive ketones (excluding diaryl/α,β-unsaturated/α-hetero) is 2. The van der Waals surface area contributed by atoms with Crippen molar-refractivity contribution >= 4 is 11.6 Å². The molecule has 0 spiro atoms. The average molecular weight is 276 g/mol. The highest BCUT2D eigenvalue weighted by atomic mass is 16.5. The average Bonchev–Trinajstić information content (AvgIpc) is 2.46. The predicted molar refractivity (Wildman–Crippen MR) is 80.0 cm³/mol. The van der Waals surface area contributed by atoms with Gasteiger partial charge in [-0.3, -0.25) is 9.59 Å². The van der Waals surface area contributed by atoms with Crippen LogP contribution in [0.4, 0.5) is 0 Å². The Balaban J connectivity index is 2.16. The van der Waals surface area contributed by atoms with Crippen LogP contribution in [0.1, 0.15) is 55.8 Å². The van der Waals surface area contributed by atoms with Crippen LogP contribution in [0.3, 0.4) is 0 Å². The maximum atomic E-state index is 11.9. The fourth-order valence-corrected chi connectivity index (χ4v) is 2.23. The van der Waals surface area contributed by atoms with Crippen molar-refractivity contribution in [1.29, 1.82) is 0 Å². The summed E-state index contributed by atoms with van der Waals surface area (Å²) >= 11 is 0. The number of benzene rings is 1. The largest absolute Gasteiger partial charge is 0.381 e. The molecule has 0 aliphatic carbocycles. The summed E-state index contributed by atoms with van der Waals surface area (Å²) < 4.78 is 5.27. The minimum Gasteiger partial charge on any atom is -0.381 e. The molecule has 1 rings (SSSR count). The van der Waals surface area contributed by atoms with E-state index in [0.29, 0.717) is 12.8 Å². The molecule has 3 heteroatoms. The molecule has 1 atom stereocenters. The molecule has 0 amide bonds. The molecule has 0 fully saturated rings. The van der Waals surface area contributed by atoms with Gasteiger partial charge in [0, 0.05) is 25.5 Å². The number of hydrogen-bond acceptors (Lipinski definition) is 3. The van der Waals surface area contributed by atoms with Gasteiger partial charge in [-0.1, -0.05) is 43.2 Å². The van der Waals surface area contributed by atoms with Gasteiger partial charge >= 0.3 is 0 Å². The third-order valence-electron chi connectivity index (χ3n) is 3.37. The number of hydrogen-bond donors (Lipinski definition) is 0. The van der Waals surface area contributed by atoms with Gasteiger partial charge < -0.3 is 4.74 Å². The van der Waals surface area contributed by atoms with Crippen LogP contribution in [0.25, 0.3) is 0 Å². The lowest BCUT2D eigenvalue weighted by Crippen LogP contribution is -2.14. The Bertz CT molecular complexity index is 412. The number of unbranched alkanes of at least 4 members (excludes halogenated alkanes) is 2. The second kappa shape index (κ2) is 9.43. The second-order valence-corrected chi connectivity index (χ2v) is 5.15. The minimum atomic E-state index is 0.0253. The quantitative estimate of drug-likeness (QED) is 0.482. The van der Waals surface area contributed by atoms with E-state index in [2.05, 4.69) is 0 Å². The number of carbonyl (C=O) groups is 2. The highest BCUT2D eigenvalue weighted by Crippen LogP contribution is 2.13. The van der Waals surface area contributed by atoms with Crippen LogP contribution in [-0.4, -0.2) is 24.8 Å². The van der Waals surface area contributed by atoms with E-state index in [1.165, 1.54) is 0 Å². The van der Waals surface area contributed by atoms with E-state index < -0.39 is 0 Å². The molecule has 110 valence electrons. The summed E-state index contributed by atoms with van der Waals surface area (Å²) in [4.78, 5) is 22.9. The monoisotopic (exact) mass is 276 g/mol. The summed E-state index contributed by atoms with van der Waals surface area (Å²) in [6, 6.07) is 9.40. The van der Waals surface area contributed by atoms with Crippen molar-refractivity contribution in [2.45, 2.75) is 51.6 Å². The highest BCUT2D eigenvalue weighted by Gasteiger charge is 2.10. The Morgan fingerprint density at radius 2 is 1.80 bits per heavy atom. The molecule has 20 heavy (non-hydrogen) atoms. The standard InChI is InChI=1S/C17H24O3/c1-14(18)13-16(20-2)11-7-4-8-12-17(19)15-9-5-3-6-10-15/h3,5-6,9-10,16H,4,7-8,11-13H2,1-2H3. The SMILES string of the molecule is COC(CCCCCC(=O)c1ccccc1)CC(C)=O. The van der Waals surface area contributed by atoms with Gasteiger partial charge in [0.2, 0.25) is 0 Å². The summed E-state index contributed by atoms with van der Waals surface area (Å²) in [5.74, 6) is 0.369. The highest BCUT2D eigenvalue weighted by molar-refractivity contribution is 5.95. The van der Waals surface area contributed by atoms with Gasteiger partial charge in [0.25, 0.3) is 0 Å². The van der Waals surface area contributed by atoms with Crippen molar-refractivity contribution in [1.82, 2.24) is 0 Å². The first-order chi connectivity index (χ1) is 9.63. The molecule has 0 aromatic heterocycles. The Morgan fingerprint density at radius 1 is 1.10 bits per heavy atom. The summed E-state index contributed by atoms with van der Waals surface area (Å²) in [6.45, 7) is 1.59. The van der Waals surface area contributed by atoms with Crippen LogP contribution in [0, 0.1) is 0 Å². The summed E-state index contributed by atoms with van der Waals surface area (Å²) in [6.07, 6.45) is 4.87. The molecule has 0 bridgehead atoms. The number of ether oxygens (including phenoxy) is 1. The van der Waals surface area contributed by atoms with E-state index in [0.717, 1.165) is 31.2 Å². The Hall–Kier alpha value is -1.48. The van der Waals surface area contributed by atoms with Crippen molar-refractivity contribution < 1.29 is 14.3 Å². The fourth-order valence-electron chi connectivity index (χ4n) is 2.23. The second-order valence-electron chi connectivity index (χ2n) is 5.15. The third kappa shape index (κ3) is 6.62. The normalized spacial score (nSPS) is 12.1. The van der Waals surface area contributed by atoms with E-state index in [4.69, 9.17) is 4.74 Å². The van der Waals surface area contributed by atoms with Crippen LogP contribution in [-0.2, 0) is 9.53 Å². The molecular formula is C17H24O3. The zero-order valence-electron chi connectivity index (χ0n) is 12.4. The Kier molecular flexibility index (Phi) is 7.81. The molecule has 0 saturated carbocycles. The third-order valence-corrected chi connectivity index (χ3v) is 3.37. The summed E-state index contributed by atoms with van der Waals surface area (Å²) in [7, 11) is 1.65. The molecular weight excluding hydrogens is 252 g/mol. The number of ketones is 2. The van der Waals surface area contributed by atoms with Gasteiger partial charge in [-0.05, 0) is 19.8 Å². The lowest BCUT2D eigenvalue weighted by atomic mass is 10.0. The molecule has 0 aliphatic heterocycles. The van der Waals surface area contributed by atoms with E-state index in [9.17, 15) is 9.59 Å². The van der Waals surface area contributed by atoms with E-state index in [1.54, 1.807) is 14.0 Å². The number of methoxy groups -OCH3 is 1. The molecule has 0 radical (unpaired) electrons. The van der Waals surface area contributed by atoms with Crippen molar-refractivity contribution in [3.05, 3.63) is 35.9 Å². The van der Waals surface area contributed by atoms with Gasteiger partial charge in [-0.2, -0.15) is 0 Å². The summed E-state index contributed by atoms with van der Waals surface area (Å²) in [5, 5.41) is 0. The lowest BCUT2D eigenvalue weighted by molar-refractivity contribution is -0.119. The van der Waals surface area contributed by atoms with E-state index in [1.807, 2.05) is 30.3 Å². The fraction of sp³-hybridized carbons (Fsp3) is 0.529. The Labute approximate surface area is 121 Å². The summed E-state index contributed by atoms with van der Waals surface area (Å²) in [5.41, 5.74) is 0.791. The van der Waals surface area contributed by atoms with Crippen molar-refractivity contribution in [2.24, 2.45) is 0 Å². The first-order valence-corrected chi connectivity index (χ1v) is 7.24. The topological polar surface area (TPSA) is 43.4 Å². The number of carbonyl (C=O) groups excluding carboxylic acids is 2. The number of rotatable bonds is 10. The first-order valence-electron chi connectivity index (χ1n) is 7.24. The molecule has 0 heterocycles. The van der Waals surface area contributed by atoms with E-state index >= 15 is 0 Å². The molecule has 1 aromatic rings. The van der Waals surface area contributed by atoms with Crippen LogP contribution < -0.4 is 0 Å². The molecule has 3 nitrogen and oxygen atoms in total. The Morgan fingerprint density at radius 3 is 2.40 bits per heavy atom. The van der Waals surface area contributed by atoms with E-state index in [-0.39, 0.29) is 17.7 Å². The molecule has 1 unspecified atom stereocenters. The molecule has 0 aliphatic rings. The van der Waals surface area contributed by atoms with Crippen molar-refractivity contribution in [3.63, 3.8) is 0 Å². The zero-order chi connectivity index (χ0) is 14.8. The zero-order valence-corrected chi connectivity index (χ0v) is 12.4. The van der Waals surface area contributed by atoms with Gasteiger partial charge in [-0.25, -0.2) is 0 Å². The molecule has 0 N–H and O–H groups in total. The maximum absolute atomic E-state index is 11.9. The van der Waals surface area contributed by atoms with Crippen molar-refractivity contribution in [2.75, 3.05) is 7.11 Å². The van der Waals surface area contributed by atoms with Gasteiger partial charge in [-0.15, -0.1) is 0 Å².